The third kappa shape index (κ3) is 4.30. The van der Waals surface area contributed by atoms with Crippen LogP contribution in [-0.2, 0) is 24.3 Å². The molecule has 2 aromatic rings. The number of hydrogen-bond donors (Lipinski definition) is 1. The van der Waals surface area contributed by atoms with Crippen LogP contribution in [0.5, 0.6) is 5.75 Å². The van der Waals surface area contributed by atoms with Gasteiger partial charge in [-0.3, -0.25) is 14.2 Å². The zero-order valence-electron chi connectivity index (χ0n) is 17.6. The molecule has 0 saturated carbocycles. The third-order valence-corrected chi connectivity index (χ3v) is 5.41. The van der Waals surface area contributed by atoms with Gasteiger partial charge in [0, 0.05) is 18.8 Å². The van der Waals surface area contributed by atoms with E-state index in [9.17, 15) is 19.6 Å². The van der Waals surface area contributed by atoms with Gasteiger partial charge in [-0.15, -0.1) is 0 Å². The van der Waals surface area contributed by atoms with Gasteiger partial charge in [-0.25, -0.2) is 9.36 Å². The lowest BCUT2D eigenvalue weighted by Gasteiger charge is -2.13. The number of nitrogens with one attached hydrogen (secondary N) is 1. The third-order valence-electron chi connectivity index (χ3n) is 5.41. The number of aryl methyl sites for hydroxylation is 2. The molecule has 0 aliphatic carbocycles. The largest absolute Gasteiger partial charge is 0.493 e. The number of fused-ring (bicyclic) bond motifs is 1. The van der Waals surface area contributed by atoms with Crippen molar-refractivity contribution in [2.45, 2.75) is 53.1 Å². The normalized spacial score (nSPS) is 12.3. The molecule has 1 aromatic carbocycles. The zero-order valence-corrected chi connectivity index (χ0v) is 17.6. The Morgan fingerprint density at radius 2 is 2.03 bits per heavy atom. The monoisotopic (exact) mass is 410 g/mol. The summed E-state index contributed by atoms with van der Waals surface area (Å²) in [5, 5.41) is 12.0. The lowest BCUT2D eigenvalue weighted by Crippen LogP contribution is -2.45. The summed E-state index contributed by atoms with van der Waals surface area (Å²) in [6.45, 7) is 6.91. The standard InChI is InChI=1S/C22H26N4O4/c1-14-10-15(2)16(3)19(11-14)30-9-5-7-24-20(27)13-26-21(28)17(12-23)18-6-4-8-25(18)22(26)29/h10-11H,4-9,13H2,1-3H3,(H,24,27). The molecule has 1 N–H and O–H groups in total. The Hall–Kier alpha value is -3.34. The molecule has 2 heterocycles. The predicted octanol–water partition coefficient (Wildman–Crippen LogP) is 1.34. The lowest BCUT2D eigenvalue weighted by atomic mass is 10.1. The van der Waals surface area contributed by atoms with E-state index in [1.54, 1.807) is 0 Å². The number of hydrogen-bond acceptors (Lipinski definition) is 5. The van der Waals surface area contributed by atoms with Gasteiger partial charge in [0.2, 0.25) is 5.91 Å². The van der Waals surface area contributed by atoms with Crippen LogP contribution in [0.25, 0.3) is 0 Å². The summed E-state index contributed by atoms with van der Waals surface area (Å²) >= 11 is 0. The van der Waals surface area contributed by atoms with Gasteiger partial charge in [0.1, 0.15) is 23.9 Å². The molecular formula is C22H26N4O4. The average Bonchev–Trinajstić information content (AvgIpc) is 3.18. The summed E-state index contributed by atoms with van der Waals surface area (Å²) in [4.78, 5) is 37.2. The summed E-state index contributed by atoms with van der Waals surface area (Å²) in [7, 11) is 0. The maximum absolute atomic E-state index is 12.5. The molecule has 0 unspecified atom stereocenters. The molecule has 0 saturated heterocycles. The summed E-state index contributed by atoms with van der Waals surface area (Å²) in [5.74, 6) is 0.389. The van der Waals surface area contributed by atoms with Crippen LogP contribution in [0.4, 0.5) is 0 Å². The average molecular weight is 410 g/mol. The number of carbonyl (C=O) groups is 1. The molecule has 0 spiro atoms. The van der Waals surface area contributed by atoms with Crippen molar-refractivity contribution in [1.29, 1.82) is 5.26 Å². The van der Waals surface area contributed by atoms with Gasteiger partial charge in [0.25, 0.3) is 5.56 Å². The zero-order chi connectivity index (χ0) is 21.8. The number of amides is 1. The predicted molar refractivity (Wildman–Crippen MR) is 112 cm³/mol. The van der Waals surface area contributed by atoms with E-state index in [2.05, 4.69) is 11.4 Å². The van der Waals surface area contributed by atoms with Crippen molar-refractivity contribution in [3.63, 3.8) is 0 Å². The molecule has 1 aromatic heterocycles. The minimum atomic E-state index is -0.695. The Bertz CT molecular complexity index is 1140. The van der Waals surface area contributed by atoms with Gasteiger partial charge in [-0.1, -0.05) is 6.07 Å². The maximum Gasteiger partial charge on any atom is 0.331 e. The Labute approximate surface area is 174 Å². The van der Waals surface area contributed by atoms with E-state index in [1.807, 2.05) is 32.9 Å². The fraction of sp³-hybridized carbons (Fsp3) is 0.455. The second-order valence-corrected chi connectivity index (χ2v) is 7.62. The van der Waals surface area contributed by atoms with Crippen molar-refractivity contribution >= 4 is 5.91 Å². The van der Waals surface area contributed by atoms with E-state index in [1.165, 1.54) is 10.1 Å². The van der Waals surface area contributed by atoms with Crippen molar-refractivity contribution in [2.75, 3.05) is 13.2 Å². The highest BCUT2D eigenvalue weighted by molar-refractivity contribution is 5.75. The smallest absolute Gasteiger partial charge is 0.331 e. The summed E-state index contributed by atoms with van der Waals surface area (Å²) in [6, 6.07) is 5.97. The molecule has 8 nitrogen and oxygen atoms in total. The molecule has 158 valence electrons. The molecule has 1 aliphatic rings. The van der Waals surface area contributed by atoms with Gasteiger partial charge in [-0.2, -0.15) is 5.26 Å². The van der Waals surface area contributed by atoms with E-state index in [-0.39, 0.29) is 5.56 Å². The molecule has 0 bridgehead atoms. The molecule has 3 rings (SSSR count). The van der Waals surface area contributed by atoms with Crippen molar-refractivity contribution in [2.24, 2.45) is 0 Å². The molecule has 0 radical (unpaired) electrons. The Balaban J connectivity index is 1.56. The van der Waals surface area contributed by atoms with Crippen LogP contribution in [0.3, 0.4) is 0 Å². The first-order valence-corrected chi connectivity index (χ1v) is 10.1. The molecule has 30 heavy (non-hydrogen) atoms. The van der Waals surface area contributed by atoms with E-state index in [0.29, 0.717) is 44.7 Å². The van der Waals surface area contributed by atoms with Crippen molar-refractivity contribution in [3.8, 4) is 11.8 Å². The van der Waals surface area contributed by atoms with Crippen LogP contribution >= 0.6 is 0 Å². The highest BCUT2D eigenvalue weighted by atomic mass is 16.5. The Morgan fingerprint density at radius 3 is 2.77 bits per heavy atom. The lowest BCUT2D eigenvalue weighted by molar-refractivity contribution is -0.121. The second kappa shape index (κ2) is 8.99. The van der Waals surface area contributed by atoms with Gasteiger partial charge < -0.3 is 10.1 Å². The highest BCUT2D eigenvalue weighted by Crippen LogP contribution is 2.23. The minimum absolute atomic E-state index is 0.0443. The molecule has 1 amide bonds. The first-order valence-electron chi connectivity index (χ1n) is 10.1. The van der Waals surface area contributed by atoms with Crippen molar-refractivity contribution in [1.82, 2.24) is 14.5 Å². The molecule has 0 atom stereocenters. The van der Waals surface area contributed by atoms with Crippen LogP contribution < -0.4 is 21.3 Å². The number of aromatic nitrogens is 2. The number of rotatable bonds is 7. The number of nitrogens with zero attached hydrogens (tertiary/aromatic N) is 3. The molecule has 0 fully saturated rings. The van der Waals surface area contributed by atoms with Gasteiger partial charge in [-0.05, 0) is 62.8 Å². The second-order valence-electron chi connectivity index (χ2n) is 7.62. The van der Waals surface area contributed by atoms with E-state index >= 15 is 0 Å². The summed E-state index contributed by atoms with van der Waals surface area (Å²) in [5.41, 5.74) is 2.59. The summed E-state index contributed by atoms with van der Waals surface area (Å²) < 4.78 is 8.09. The summed E-state index contributed by atoms with van der Waals surface area (Å²) in [6.07, 6.45) is 1.82. The minimum Gasteiger partial charge on any atom is -0.493 e. The molecule has 1 aliphatic heterocycles. The number of ether oxygens (including phenoxy) is 1. The van der Waals surface area contributed by atoms with Crippen LogP contribution in [0.15, 0.2) is 21.7 Å². The number of nitriles is 1. The quantitative estimate of drug-likeness (QED) is 0.694. The first kappa shape index (κ1) is 21.4. The van der Waals surface area contributed by atoms with Crippen LogP contribution in [0.1, 0.15) is 40.8 Å². The van der Waals surface area contributed by atoms with Crippen molar-refractivity contribution in [3.05, 3.63) is 60.9 Å². The van der Waals surface area contributed by atoms with Crippen molar-refractivity contribution < 1.29 is 9.53 Å². The topological polar surface area (TPSA) is 106 Å². The number of carbonyl (C=O) groups excluding carboxylic acids is 1. The van der Waals surface area contributed by atoms with Gasteiger partial charge in [0.05, 0.1) is 6.61 Å². The van der Waals surface area contributed by atoms with Crippen LogP contribution in [0.2, 0.25) is 0 Å². The Morgan fingerprint density at radius 1 is 1.27 bits per heavy atom. The SMILES string of the molecule is Cc1cc(C)c(C)c(OCCCNC(=O)Cn2c(=O)c(C#N)c3n(c2=O)CCC3)c1. The van der Waals surface area contributed by atoms with Crippen LogP contribution in [-0.4, -0.2) is 28.2 Å². The van der Waals surface area contributed by atoms with E-state index in [0.717, 1.165) is 21.4 Å². The highest BCUT2D eigenvalue weighted by Gasteiger charge is 2.23. The Kier molecular flexibility index (Phi) is 6.40. The fourth-order valence-electron chi connectivity index (χ4n) is 3.72. The first-order chi connectivity index (χ1) is 14.3. The number of benzene rings is 1. The van der Waals surface area contributed by atoms with E-state index in [4.69, 9.17) is 4.74 Å². The van der Waals surface area contributed by atoms with Gasteiger partial charge in [0.15, 0.2) is 0 Å². The molecular weight excluding hydrogens is 384 g/mol. The van der Waals surface area contributed by atoms with Gasteiger partial charge >= 0.3 is 5.69 Å². The maximum atomic E-state index is 12.5. The van der Waals surface area contributed by atoms with E-state index < -0.39 is 23.7 Å². The molecule has 8 heteroatoms. The van der Waals surface area contributed by atoms with Crippen LogP contribution in [0, 0.1) is 32.1 Å². The fourth-order valence-corrected chi connectivity index (χ4v) is 3.72.